The molecule has 0 saturated carbocycles. The van der Waals surface area contributed by atoms with Crippen LogP contribution in [0.15, 0.2) is 64.6 Å². The average Bonchev–Trinajstić information content (AvgIpc) is 2.81. The average molecular weight is 467 g/mol. The van der Waals surface area contributed by atoms with E-state index in [0.29, 0.717) is 30.5 Å². The van der Waals surface area contributed by atoms with Crippen LogP contribution in [0.5, 0.6) is 17.2 Å². The monoisotopic (exact) mass is 466 g/mol. The molecule has 1 aliphatic heterocycles. The topological polar surface area (TPSA) is 100 Å². The number of anilines is 2. The minimum absolute atomic E-state index is 0.0593. The molecule has 8 nitrogen and oxygen atoms in total. The zero-order valence-corrected chi connectivity index (χ0v) is 19.5. The SMILES string of the molecule is CN=C(c1ccnc(NOSc2ccc3c(c2)OCCO3)c1)c1cc(OC(C)C)ccc1N. The molecule has 9 heteroatoms. The Morgan fingerprint density at radius 1 is 1.09 bits per heavy atom. The van der Waals surface area contributed by atoms with Crippen molar-refractivity contribution in [1.29, 1.82) is 0 Å². The zero-order valence-electron chi connectivity index (χ0n) is 18.7. The molecule has 4 rings (SSSR count). The molecule has 1 aliphatic rings. The number of nitrogens with zero attached hydrogens (tertiary/aromatic N) is 2. The number of aromatic nitrogens is 1. The minimum atomic E-state index is 0.0593. The van der Waals surface area contributed by atoms with Gasteiger partial charge in [0.25, 0.3) is 0 Å². The van der Waals surface area contributed by atoms with Gasteiger partial charge in [-0.1, -0.05) is 0 Å². The lowest BCUT2D eigenvalue weighted by atomic mass is 10.0. The second-order valence-electron chi connectivity index (χ2n) is 7.49. The maximum atomic E-state index is 6.25. The van der Waals surface area contributed by atoms with E-state index in [9.17, 15) is 0 Å². The van der Waals surface area contributed by atoms with Gasteiger partial charge in [-0.05, 0) is 62.4 Å². The summed E-state index contributed by atoms with van der Waals surface area (Å²) < 4.78 is 22.5. The highest BCUT2D eigenvalue weighted by molar-refractivity contribution is 7.94. The smallest absolute Gasteiger partial charge is 0.162 e. The molecule has 0 amide bonds. The summed E-state index contributed by atoms with van der Waals surface area (Å²) in [5.41, 5.74) is 12.1. The molecule has 0 atom stereocenters. The van der Waals surface area contributed by atoms with Crippen molar-refractivity contribution in [3.63, 3.8) is 0 Å². The molecule has 0 bridgehead atoms. The van der Waals surface area contributed by atoms with E-state index in [4.69, 9.17) is 24.2 Å². The van der Waals surface area contributed by atoms with Crippen LogP contribution in [0.25, 0.3) is 0 Å². The first-order chi connectivity index (χ1) is 16.0. The summed E-state index contributed by atoms with van der Waals surface area (Å²) >= 11 is 1.16. The molecule has 0 radical (unpaired) electrons. The third-order valence-electron chi connectivity index (χ3n) is 4.71. The summed E-state index contributed by atoms with van der Waals surface area (Å²) in [6.07, 6.45) is 1.75. The fourth-order valence-corrected chi connectivity index (χ4v) is 3.81. The van der Waals surface area contributed by atoms with Crippen molar-refractivity contribution in [1.82, 2.24) is 4.98 Å². The summed E-state index contributed by atoms with van der Waals surface area (Å²) in [7, 11) is 1.73. The molecular weight excluding hydrogens is 440 g/mol. The second kappa shape index (κ2) is 10.5. The van der Waals surface area contributed by atoms with Crippen molar-refractivity contribution < 1.29 is 18.5 Å². The van der Waals surface area contributed by atoms with E-state index in [0.717, 1.165) is 45.3 Å². The quantitative estimate of drug-likeness (QED) is 0.213. The van der Waals surface area contributed by atoms with Gasteiger partial charge in [0, 0.05) is 35.0 Å². The zero-order chi connectivity index (χ0) is 23.2. The molecule has 2 heterocycles. The molecule has 3 aromatic rings. The van der Waals surface area contributed by atoms with Gasteiger partial charge >= 0.3 is 0 Å². The lowest BCUT2D eigenvalue weighted by Gasteiger charge is -2.18. The van der Waals surface area contributed by atoms with Crippen LogP contribution in [0.2, 0.25) is 0 Å². The first-order valence-corrected chi connectivity index (χ1v) is 11.3. The standard InChI is InChI=1S/C24H26N4O4S/c1-15(2)31-17-4-6-20(25)19(13-17)24(26-3)16-8-9-27-23(12-16)28-32-33-18-5-7-21-22(14-18)30-11-10-29-21/h4-9,12-15H,10-11,25H2,1-3H3,(H,27,28). The van der Waals surface area contributed by atoms with Gasteiger partial charge in [0.15, 0.2) is 17.3 Å². The van der Waals surface area contributed by atoms with Crippen molar-refractivity contribution in [2.45, 2.75) is 24.8 Å². The minimum Gasteiger partial charge on any atom is -0.491 e. The van der Waals surface area contributed by atoms with E-state index < -0.39 is 0 Å². The van der Waals surface area contributed by atoms with E-state index in [1.165, 1.54) is 0 Å². The van der Waals surface area contributed by atoms with E-state index in [1.807, 2.05) is 62.4 Å². The molecular formula is C24H26N4O4S. The van der Waals surface area contributed by atoms with Crippen molar-refractivity contribution in [3.05, 3.63) is 65.9 Å². The summed E-state index contributed by atoms with van der Waals surface area (Å²) in [5.74, 6) is 2.72. The largest absolute Gasteiger partial charge is 0.491 e. The Balaban J connectivity index is 1.46. The van der Waals surface area contributed by atoms with E-state index >= 15 is 0 Å². The van der Waals surface area contributed by atoms with E-state index in [1.54, 1.807) is 13.2 Å². The number of benzene rings is 2. The van der Waals surface area contributed by atoms with Gasteiger partial charge in [-0.25, -0.2) is 10.5 Å². The Morgan fingerprint density at radius 2 is 1.91 bits per heavy atom. The Bertz CT molecular complexity index is 1150. The first-order valence-electron chi connectivity index (χ1n) is 10.5. The predicted molar refractivity (Wildman–Crippen MR) is 130 cm³/mol. The molecule has 0 saturated heterocycles. The number of ether oxygens (including phenoxy) is 3. The van der Waals surface area contributed by atoms with Gasteiger partial charge in [0.2, 0.25) is 0 Å². The lowest BCUT2D eigenvalue weighted by Crippen LogP contribution is -2.15. The number of fused-ring (bicyclic) bond motifs is 1. The summed E-state index contributed by atoms with van der Waals surface area (Å²) in [5, 5.41) is 0. The summed E-state index contributed by atoms with van der Waals surface area (Å²) in [6.45, 7) is 5.06. The molecule has 33 heavy (non-hydrogen) atoms. The number of hydrogen-bond acceptors (Lipinski definition) is 9. The van der Waals surface area contributed by atoms with Crippen LogP contribution in [0.4, 0.5) is 11.5 Å². The van der Waals surface area contributed by atoms with Crippen LogP contribution in [0.1, 0.15) is 25.0 Å². The Hall–Kier alpha value is -3.43. The Morgan fingerprint density at radius 3 is 2.70 bits per heavy atom. The summed E-state index contributed by atoms with van der Waals surface area (Å²) in [6, 6.07) is 14.9. The lowest BCUT2D eigenvalue weighted by molar-refractivity contribution is 0.171. The fraction of sp³-hybridized carbons (Fsp3) is 0.250. The van der Waals surface area contributed by atoms with E-state index in [2.05, 4.69) is 15.5 Å². The number of hydrogen-bond donors (Lipinski definition) is 2. The molecule has 3 N–H and O–H groups in total. The van der Waals surface area contributed by atoms with Crippen molar-refractivity contribution in [3.8, 4) is 17.2 Å². The molecule has 0 fully saturated rings. The first kappa shape index (κ1) is 22.8. The molecule has 172 valence electrons. The highest BCUT2D eigenvalue weighted by Gasteiger charge is 2.14. The fourth-order valence-electron chi connectivity index (χ4n) is 3.31. The van der Waals surface area contributed by atoms with E-state index in [-0.39, 0.29) is 6.10 Å². The number of pyridine rings is 1. The molecule has 2 aromatic carbocycles. The van der Waals surface area contributed by atoms with Crippen LogP contribution >= 0.6 is 12.0 Å². The normalized spacial score (nSPS) is 13.2. The number of nitrogens with one attached hydrogen (secondary N) is 1. The maximum Gasteiger partial charge on any atom is 0.162 e. The van der Waals surface area contributed by atoms with Crippen molar-refractivity contribution in [2.24, 2.45) is 4.99 Å². The number of rotatable bonds is 8. The van der Waals surface area contributed by atoms with Crippen LogP contribution < -0.4 is 25.4 Å². The number of nitrogen functional groups attached to an aromatic ring is 1. The molecule has 0 unspecified atom stereocenters. The molecule has 0 aliphatic carbocycles. The van der Waals surface area contributed by atoms with Gasteiger partial charge in [0.1, 0.15) is 19.0 Å². The van der Waals surface area contributed by atoms with Crippen molar-refractivity contribution >= 4 is 29.3 Å². The second-order valence-corrected chi connectivity index (χ2v) is 8.30. The molecule has 0 spiro atoms. The van der Waals surface area contributed by atoms with Crippen LogP contribution in [0, 0.1) is 0 Å². The van der Waals surface area contributed by atoms with Gasteiger partial charge in [-0.2, -0.15) is 4.28 Å². The number of aliphatic imine (C=N–C) groups is 1. The van der Waals surface area contributed by atoms with Crippen LogP contribution in [-0.4, -0.2) is 37.1 Å². The Kier molecular flexibility index (Phi) is 7.21. The Labute approximate surface area is 197 Å². The highest BCUT2D eigenvalue weighted by atomic mass is 32.2. The van der Waals surface area contributed by atoms with Crippen LogP contribution in [0.3, 0.4) is 0 Å². The third kappa shape index (κ3) is 5.68. The maximum absolute atomic E-state index is 6.25. The van der Waals surface area contributed by atoms with Gasteiger partial charge in [-0.15, -0.1) is 0 Å². The van der Waals surface area contributed by atoms with Gasteiger partial charge in [-0.3, -0.25) is 4.99 Å². The predicted octanol–water partition coefficient (Wildman–Crippen LogP) is 4.74. The van der Waals surface area contributed by atoms with Gasteiger partial charge in [0.05, 0.1) is 23.9 Å². The number of nitrogens with two attached hydrogens (primary N) is 1. The van der Waals surface area contributed by atoms with Crippen molar-refractivity contribution in [2.75, 3.05) is 31.5 Å². The highest BCUT2D eigenvalue weighted by Crippen LogP contribution is 2.34. The third-order valence-corrected chi connectivity index (χ3v) is 5.32. The summed E-state index contributed by atoms with van der Waals surface area (Å²) in [4.78, 5) is 9.67. The van der Waals surface area contributed by atoms with Gasteiger partial charge < -0.3 is 19.9 Å². The molecule has 1 aromatic heterocycles. The van der Waals surface area contributed by atoms with Crippen LogP contribution in [-0.2, 0) is 4.28 Å².